The van der Waals surface area contributed by atoms with E-state index in [0.717, 1.165) is 56.3 Å². The van der Waals surface area contributed by atoms with Crippen molar-refractivity contribution in [1.29, 1.82) is 0 Å². The molecular weight excluding hydrogens is 396 g/mol. The minimum Gasteiger partial charge on any atom is -0.393 e. The Balaban J connectivity index is 1.46. The maximum Gasteiger partial charge on any atom is 0.0648 e. The van der Waals surface area contributed by atoms with Gasteiger partial charge in [0.15, 0.2) is 0 Å². The van der Waals surface area contributed by atoms with Crippen molar-refractivity contribution in [3.8, 4) is 0 Å². The lowest BCUT2D eigenvalue weighted by atomic mass is 9.47. The van der Waals surface area contributed by atoms with Crippen LogP contribution in [0.1, 0.15) is 105 Å². The van der Waals surface area contributed by atoms with Crippen LogP contribution < -0.4 is 0 Å². The molecule has 184 valence electrons. The number of rotatable bonds is 8. The summed E-state index contributed by atoms with van der Waals surface area (Å²) in [4.78, 5) is 0. The van der Waals surface area contributed by atoms with Crippen LogP contribution in [0.4, 0.5) is 0 Å². The second kappa shape index (κ2) is 9.34. The number of allylic oxidation sites excluding steroid dienone is 2. The first kappa shape index (κ1) is 24.7. The van der Waals surface area contributed by atoms with E-state index in [2.05, 4.69) is 33.8 Å². The van der Waals surface area contributed by atoms with E-state index < -0.39 is 5.60 Å². The fourth-order valence-electron chi connectivity index (χ4n) is 8.94. The van der Waals surface area contributed by atoms with E-state index in [4.69, 9.17) is 4.74 Å². The molecule has 0 heterocycles. The van der Waals surface area contributed by atoms with Gasteiger partial charge >= 0.3 is 0 Å². The van der Waals surface area contributed by atoms with Crippen molar-refractivity contribution in [1.82, 2.24) is 0 Å². The Kier molecular flexibility index (Phi) is 7.22. The summed E-state index contributed by atoms with van der Waals surface area (Å²) in [6.45, 7) is 10.4. The van der Waals surface area contributed by atoms with Gasteiger partial charge < -0.3 is 14.9 Å². The maximum absolute atomic E-state index is 11.0. The highest BCUT2D eigenvalue weighted by Gasteiger charge is 2.58. The van der Waals surface area contributed by atoms with Crippen LogP contribution in [0.5, 0.6) is 0 Å². The van der Waals surface area contributed by atoms with E-state index in [1.165, 1.54) is 38.5 Å². The van der Waals surface area contributed by atoms with Crippen molar-refractivity contribution >= 4 is 0 Å². The van der Waals surface area contributed by atoms with E-state index in [9.17, 15) is 10.2 Å². The Labute approximate surface area is 197 Å². The molecule has 0 bridgehead atoms. The number of aliphatic hydroxyl groups is 2. The van der Waals surface area contributed by atoms with Crippen molar-refractivity contribution < 1.29 is 14.9 Å². The predicted octanol–water partition coefficient (Wildman–Crippen LogP) is 6.52. The summed E-state index contributed by atoms with van der Waals surface area (Å²) < 4.78 is 5.14. The van der Waals surface area contributed by atoms with E-state index in [1.54, 1.807) is 12.7 Å². The Morgan fingerprint density at radius 2 is 1.88 bits per heavy atom. The number of methoxy groups -OCH3 is 1. The highest BCUT2D eigenvalue weighted by Crippen LogP contribution is 2.67. The number of hydrogen-bond acceptors (Lipinski definition) is 3. The summed E-state index contributed by atoms with van der Waals surface area (Å²) in [6.07, 6.45) is 16.0. The molecular formula is C29H50O3. The zero-order valence-electron chi connectivity index (χ0n) is 21.5. The third kappa shape index (κ3) is 4.24. The maximum atomic E-state index is 11.0. The van der Waals surface area contributed by atoms with Crippen LogP contribution in [0.25, 0.3) is 0 Å². The Morgan fingerprint density at radius 3 is 2.59 bits per heavy atom. The van der Waals surface area contributed by atoms with E-state index >= 15 is 0 Å². The van der Waals surface area contributed by atoms with Crippen molar-refractivity contribution in [2.45, 2.75) is 116 Å². The van der Waals surface area contributed by atoms with Crippen molar-refractivity contribution in [3.63, 3.8) is 0 Å². The number of fused-ring (bicyclic) bond motifs is 5. The van der Waals surface area contributed by atoms with Gasteiger partial charge in [-0.05, 0) is 117 Å². The van der Waals surface area contributed by atoms with Crippen molar-refractivity contribution in [2.24, 2.45) is 40.4 Å². The van der Waals surface area contributed by atoms with Crippen LogP contribution in [0.2, 0.25) is 0 Å². The lowest BCUT2D eigenvalue weighted by Crippen LogP contribution is -2.51. The average Bonchev–Trinajstić information content (AvgIpc) is 3.14. The lowest BCUT2D eigenvalue weighted by Gasteiger charge is -2.58. The van der Waals surface area contributed by atoms with Crippen LogP contribution in [-0.2, 0) is 4.74 Å². The second-order valence-electron chi connectivity index (χ2n) is 12.7. The van der Waals surface area contributed by atoms with Crippen LogP contribution >= 0.6 is 0 Å². The summed E-state index contributed by atoms with van der Waals surface area (Å²) in [5.41, 5.74) is 2.12. The summed E-state index contributed by atoms with van der Waals surface area (Å²) in [5.74, 6) is 3.73. The van der Waals surface area contributed by atoms with Crippen LogP contribution in [0.3, 0.4) is 0 Å². The summed E-state index contributed by atoms with van der Waals surface area (Å²) >= 11 is 0. The van der Waals surface area contributed by atoms with Crippen molar-refractivity contribution in [2.75, 3.05) is 13.7 Å². The molecule has 4 aliphatic carbocycles. The third-order valence-electron chi connectivity index (χ3n) is 11.2. The molecule has 3 nitrogen and oxygen atoms in total. The van der Waals surface area contributed by atoms with Gasteiger partial charge in [-0.25, -0.2) is 0 Å². The van der Waals surface area contributed by atoms with Crippen LogP contribution in [0, 0.1) is 40.4 Å². The molecule has 0 radical (unpaired) electrons. The molecule has 0 aromatic carbocycles. The second-order valence-corrected chi connectivity index (χ2v) is 12.7. The molecule has 0 aliphatic heterocycles. The van der Waals surface area contributed by atoms with E-state index in [1.807, 2.05) is 0 Å². The molecule has 2 N–H and O–H groups in total. The SMILES string of the molecule is CC[C@]1(O)CCC2(C)C3=CCC4(C)C(CCC4[C@H](C)CCC(O)CCOC)C3CC[C@H]2C1. The lowest BCUT2D eigenvalue weighted by molar-refractivity contribution is -0.0771. The topological polar surface area (TPSA) is 49.7 Å². The molecule has 3 heteroatoms. The monoisotopic (exact) mass is 446 g/mol. The van der Waals surface area contributed by atoms with Gasteiger partial charge in [0, 0.05) is 13.7 Å². The standard InChI is InChI=1S/C29H50O3/c1-6-29(31)17-16-27(3)21(19-29)8-10-23-25-12-11-24(28(25,4)15-13-26(23)27)20(2)7-9-22(30)14-18-32-5/h13,20-25,30-31H,6-12,14-19H2,1-5H3/t20-,21+,22?,23?,24?,25?,27?,28?,29+/m1/s1. The molecule has 4 rings (SSSR count). The minimum atomic E-state index is -0.414. The zero-order valence-corrected chi connectivity index (χ0v) is 21.5. The summed E-state index contributed by atoms with van der Waals surface area (Å²) in [7, 11) is 1.71. The fourth-order valence-corrected chi connectivity index (χ4v) is 8.94. The number of hydrogen-bond donors (Lipinski definition) is 2. The van der Waals surface area contributed by atoms with Crippen LogP contribution in [-0.4, -0.2) is 35.6 Å². The van der Waals surface area contributed by atoms with E-state index in [-0.39, 0.29) is 6.10 Å². The molecule has 3 fully saturated rings. The normalized spacial score (nSPS) is 45.4. The zero-order chi connectivity index (χ0) is 23.1. The van der Waals surface area contributed by atoms with Gasteiger partial charge in [-0.1, -0.05) is 39.3 Å². The third-order valence-corrected chi connectivity index (χ3v) is 11.2. The van der Waals surface area contributed by atoms with Gasteiger partial charge in [0.05, 0.1) is 11.7 Å². The van der Waals surface area contributed by atoms with Gasteiger partial charge in [-0.15, -0.1) is 0 Å². The predicted molar refractivity (Wildman–Crippen MR) is 131 cm³/mol. The largest absolute Gasteiger partial charge is 0.393 e. The molecule has 0 amide bonds. The summed E-state index contributed by atoms with van der Waals surface area (Å²) in [5, 5.41) is 21.3. The summed E-state index contributed by atoms with van der Waals surface area (Å²) in [6, 6.07) is 0. The van der Waals surface area contributed by atoms with Crippen LogP contribution in [0.15, 0.2) is 11.6 Å². The molecule has 0 spiro atoms. The Morgan fingerprint density at radius 1 is 1.09 bits per heavy atom. The van der Waals surface area contributed by atoms with E-state index in [0.29, 0.717) is 29.3 Å². The minimum absolute atomic E-state index is 0.219. The van der Waals surface area contributed by atoms with Gasteiger partial charge in [0.2, 0.25) is 0 Å². The van der Waals surface area contributed by atoms with Gasteiger partial charge in [0.25, 0.3) is 0 Å². The molecule has 32 heavy (non-hydrogen) atoms. The molecule has 9 atom stereocenters. The highest BCUT2D eigenvalue weighted by molar-refractivity contribution is 5.29. The highest BCUT2D eigenvalue weighted by atomic mass is 16.5. The quantitative estimate of drug-likeness (QED) is 0.417. The first-order chi connectivity index (χ1) is 15.2. The number of ether oxygens (including phenoxy) is 1. The average molecular weight is 447 g/mol. The first-order valence-electron chi connectivity index (χ1n) is 13.8. The molecule has 0 aromatic rings. The van der Waals surface area contributed by atoms with Gasteiger partial charge in [-0.2, -0.15) is 0 Å². The molecule has 4 aliphatic rings. The Hall–Kier alpha value is -0.380. The fraction of sp³-hybridized carbons (Fsp3) is 0.931. The van der Waals surface area contributed by atoms with Crippen molar-refractivity contribution in [3.05, 3.63) is 11.6 Å². The van der Waals surface area contributed by atoms with Gasteiger partial charge in [0.1, 0.15) is 0 Å². The Bertz CT molecular complexity index is 688. The molecule has 6 unspecified atom stereocenters. The first-order valence-corrected chi connectivity index (χ1v) is 13.8. The molecule has 0 saturated heterocycles. The number of aliphatic hydroxyl groups excluding tert-OH is 1. The molecule has 0 aromatic heterocycles. The molecule has 3 saturated carbocycles. The van der Waals surface area contributed by atoms with Gasteiger partial charge in [-0.3, -0.25) is 0 Å². The smallest absolute Gasteiger partial charge is 0.0648 e.